The topological polar surface area (TPSA) is 4.93 Å². The number of rotatable bonds is 5. The maximum atomic E-state index is 13.1. The molecule has 1 heterocycles. The largest absolute Gasteiger partial charge is 0.416 e. The summed E-state index contributed by atoms with van der Waals surface area (Å²) in [5.41, 5.74) is 11.3. The Bertz CT molecular complexity index is 2970. The highest BCUT2D eigenvalue weighted by atomic mass is 19.4. The molecule has 0 saturated heterocycles. The average Bonchev–Trinajstić information content (AvgIpc) is 3.56. The van der Waals surface area contributed by atoms with Gasteiger partial charge < -0.3 is 4.57 Å². The van der Waals surface area contributed by atoms with Gasteiger partial charge in [-0.15, -0.1) is 0 Å². The Labute approximate surface area is 316 Å². The van der Waals surface area contributed by atoms with Crippen LogP contribution in [0.1, 0.15) is 5.56 Å². The molecule has 9 aromatic carbocycles. The van der Waals surface area contributed by atoms with Crippen molar-refractivity contribution in [2.75, 3.05) is 0 Å². The smallest absolute Gasteiger partial charge is 0.309 e. The minimum Gasteiger partial charge on any atom is -0.309 e. The summed E-state index contributed by atoms with van der Waals surface area (Å²) in [5, 5.41) is 7.24. The van der Waals surface area contributed by atoms with Crippen molar-refractivity contribution in [3.05, 3.63) is 200 Å². The predicted octanol–water partition coefficient (Wildman–Crippen LogP) is 14.8. The fourth-order valence-electron chi connectivity index (χ4n) is 8.27. The molecule has 10 rings (SSSR count). The van der Waals surface area contributed by atoms with Crippen LogP contribution in [0, 0.1) is 0 Å². The highest BCUT2D eigenvalue weighted by Crippen LogP contribution is 2.44. The van der Waals surface area contributed by atoms with Crippen LogP contribution in [0.4, 0.5) is 13.2 Å². The first-order valence-electron chi connectivity index (χ1n) is 18.3. The highest BCUT2D eigenvalue weighted by Gasteiger charge is 2.30. The van der Waals surface area contributed by atoms with E-state index in [-0.39, 0.29) is 0 Å². The fourth-order valence-corrected chi connectivity index (χ4v) is 8.27. The first-order chi connectivity index (χ1) is 26.9. The molecule has 262 valence electrons. The normalized spacial score (nSPS) is 11.9. The molecule has 10 aromatic rings. The maximum absolute atomic E-state index is 13.1. The molecule has 0 radical (unpaired) electrons. The van der Waals surface area contributed by atoms with Crippen LogP contribution in [-0.4, -0.2) is 4.57 Å². The molecule has 0 bridgehead atoms. The van der Waals surface area contributed by atoms with Crippen LogP contribution >= 0.6 is 0 Å². The minimum absolute atomic E-state index is 0.646. The van der Waals surface area contributed by atoms with Gasteiger partial charge in [-0.05, 0) is 109 Å². The van der Waals surface area contributed by atoms with Gasteiger partial charge in [0, 0.05) is 16.5 Å². The lowest BCUT2D eigenvalue weighted by Gasteiger charge is -2.18. The predicted molar refractivity (Wildman–Crippen MR) is 223 cm³/mol. The summed E-state index contributed by atoms with van der Waals surface area (Å²) >= 11 is 0. The summed E-state index contributed by atoms with van der Waals surface area (Å²) in [4.78, 5) is 0. The van der Waals surface area contributed by atoms with E-state index in [1.807, 2.05) is 24.3 Å². The van der Waals surface area contributed by atoms with E-state index in [0.29, 0.717) is 0 Å². The molecule has 0 unspecified atom stereocenters. The average molecular weight is 716 g/mol. The van der Waals surface area contributed by atoms with Crippen molar-refractivity contribution in [1.82, 2.24) is 4.57 Å². The van der Waals surface area contributed by atoms with Gasteiger partial charge in [-0.25, -0.2) is 0 Å². The van der Waals surface area contributed by atoms with Crippen LogP contribution in [0.25, 0.3) is 93.5 Å². The molecule has 0 aliphatic heterocycles. The van der Waals surface area contributed by atoms with Crippen molar-refractivity contribution in [3.63, 3.8) is 0 Å². The van der Waals surface area contributed by atoms with Crippen LogP contribution in [0.5, 0.6) is 0 Å². The number of alkyl halides is 3. The third kappa shape index (κ3) is 5.57. The summed E-state index contributed by atoms with van der Waals surface area (Å²) in [6.45, 7) is 0. The molecule has 4 heteroatoms. The van der Waals surface area contributed by atoms with Gasteiger partial charge in [-0.1, -0.05) is 152 Å². The molecule has 0 atom stereocenters. The van der Waals surface area contributed by atoms with Crippen molar-refractivity contribution < 1.29 is 13.2 Å². The van der Waals surface area contributed by atoms with E-state index in [1.165, 1.54) is 61.3 Å². The van der Waals surface area contributed by atoms with Gasteiger partial charge >= 0.3 is 6.18 Å². The van der Waals surface area contributed by atoms with Gasteiger partial charge in [0.1, 0.15) is 0 Å². The van der Waals surface area contributed by atoms with E-state index in [9.17, 15) is 13.2 Å². The fraction of sp³-hybridized carbons (Fsp3) is 0.0196. The van der Waals surface area contributed by atoms with Crippen LogP contribution in [-0.2, 0) is 6.18 Å². The number of benzene rings is 9. The molecule has 0 spiro atoms. The van der Waals surface area contributed by atoms with E-state index >= 15 is 0 Å². The molecule has 55 heavy (non-hydrogen) atoms. The van der Waals surface area contributed by atoms with Crippen LogP contribution in [0.2, 0.25) is 0 Å². The number of hydrogen-bond acceptors (Lipinski definition) is 0. The number of nitrogens with zero attached hydrogens (tertiary/aromatic N) is 1. The minimum atomic E-state index is -4.35. The van der Waals surface area contributed by atoms with E-state index < -0.39 is 11.7 Å². The van der Waals surface area contributed by atoms with Gasteiger partial charge in [-0.3, -0.25) is 0 Å². The summed E-state index contributed by atoms with van der Waals surface area (Å²) < 4.78 is 41.6. The maximum Gasteiger partial charge on any atom is 0.416 e. The third-order valence-electron chi connectivity index (χ3n) is 10.8. The molecule has 0 saturated carbocycles. The SMILES string of the molecule is FC(F)(F)c1ccc(-c2ccc(-c3ccc4c(c3)c3ccccc3n4-c3ccc(-c4c5ccccc5c(-c5ccccc5)c5ccccc45)cc3)cc2)cc1. The lowest BCUT2D eigenvalue weighted by molar-refractivity contribution is -0.137. The zero-order valence-electron chi connectivity index (χ0n) is 29.6. The Hall–Kier alpha value is -6.91. The number of hydrogen-bond donors (Lipinski definition) is 0. The van der Waals surface area contributed by atoms with E-state index in [4.69, 9.17) is 0 Å². The lowest BCUT2D eigenvalue weighted by atomic mass is 9.86. The Kier molecular flexibility index (Phi) is 7.67. The van der Waals surface area contributed by atoms with Crippen molar-refractivity contribution in [1.29, 1.82) is 0 Å². The zero-order valence-corrected chi connectivity index (χ0v) is 29.6. The summed E-state index contributed by atoms with van der Waals surface area (Å²) in [6, 6.07) is 65.5. The Morgan fingerprint density at radius 2 is 0.709 bits per heavy atom. The van der Waals surface area contributed by atoms with E-state index in [0.717, 1.165) is 56.5 Å². The quantitative estimate of drug-likeness (QED) is 0.156. The highest BCUT2D eigenvalue weighted by molar-refractivity contribution is 6.21. The van der Waals surface area contributed by atoms with Crippen molar-refractivity contribution in [2.45, 2.75) is 6.18 Å². The van der Waals surface area contributed by atoms with E-state index in [1.54, 1.807) is 0 Å². The monoisotopic (exact) mass is 715 g/mol. The standard InChI is InChI=1S/C51H32F3N/c52-51(53,54)39-27-22-34(23-28-39)33-18-20-35(21-19-33)38-26-31-48-46(32-38)41-12-8-9-17-47(41)55(48)40-29-24-37(25-30-40)50-44-15-6-4-13-42(44)49(36-10-2-1-3-11-36)43-14-5-7-16-45(43)50/h1-32H. The lowest BCUT2D eigenvalue weighted by Crippen LogP contribution is -2.03. The molecule has 0 amide bonds. The summed E-state index contributed by atoms with van der Waals surface area (Å²) in [6.07, 6.45) is -4.35. The second-order valence-corrected chi connectivity index (χ2v) is 14.0. The molecular formula is C51H32F3N. The second kappa shape index (κ2) is 12.9. The summed E-state index contributed by atoms with van der Waals surface area (Å²) in [5.74, 6) is 0. The molecule has 1 aromatic heterocycles. The van der Waals surface area contributed by atoms with Gasteiger partial charge in [0.15, 0.2) is 0 Å². The van der Waals surface area contributed by atoms with Crippen molar-refractivity contribution in [3.8, 4) is 50.2 Å². The van der Waals surface area contributed by atoms with Crippen molar-refractivity contribution in [2.24, 2.45) is 0 Å². The molecular weight excluding hydrogens is 684 g/mol. The van der Waals surface area contributed by atoms with Crippen LogP contribution in [0.15, 0.2) is 194 Å². The second-order valence-electron chi connectivity index (χ2n) is 14.0. The van der Waals surface area contributed by atoms with Gasteiger partial charge in [0.2, 0.25) is 0 Å². The van der Waals surface area contributed by atoms with Gasteiger partial charge in [-0.2, -0.15) is 13.2 Å². The zero-order chi connectivity index (χ0) is 37.1. The first-order valence-corrected chi connectivity index (χ1v) is 18.3. The number of para-hydroxylation sites is 1. The number of halogens is 3. The van der Waals surface area contributed by atoms with Crippen molar-refractivity contribution >= 4 is 43.4 Å². The Morgan fingerprint density at radius 3 is 1.25 bits per heavy atom. The molecule has 0 aliphatic carbocycles. The Balaban J connectivity index is 1.05. The van der Waals surface area contributed by atoms with Gasteiger partial charge in [0.05, 0.1) is 16.6 Å². The summed E-state index contributed by atoms with van der Waals surface area (Å²) in [7, 11) is 0. The third-order valence-corrected chi connectivity index (χ3v) is 10.8. The molecule has 0 N–H and O–H groups in total. The molecule has 0 aliphatic rings. The van der Waals surface area contributed by atoms with E-state index in [2.05, 4.69) is 150 Å². The van der Waals surface area contributed by atoms with Crippen LogP contribution < -0.4 is 0 Å². The number of fused-ring (bicyclic) bond motifs is 5. The molecule has 0 fully saturated rings. The Morgan fingerprint density at radius 1 is 0.309 bits per heavy atom. The number of aromatic nitrogens is 1. The molecule has 1 nitrogen and oxygen atoms in total. The van der Waals surface area contributed by atoms with Gasteiger partial charge in [0.25, 0.3) is 0 Å². The first kappa shape index (κ1) is 32.7. The van der Waals surface area contributed by atoms with Crippen LogP contribution in [0.3, 0.4) is 0 Å².